The second-order valence-corrected chi connectivity index (χ2v) is 7.23. The molecular formula is C12H21NO2S. The van der Waals surface area contributed by atoms with Gasteiger partial charge in [-0.25, -0.2) is 8.42 Å². The van der Waals surface area contributed by atoms with Gasteiger partial charge in [-0.15, -0.1) is 0 Å². The van der Waals surface area contributed by atoms with Crippen LogP contribution in [0.3, 0.4) is 0 Å². The van der Waals surface area contributed by atoms with Crippen LogP contribution in [0.2, 0.25) is 0 Å². The van der Waals surface area contributed by atoms with E-state index in [9.17, 15) is 8.42 Å². The molecule has 92 valence electrons. The van der Waals surface area contributed by atoms with Crippen molar-refractivity contribution in [3.63, 3.8) is 0 Å². The standard InChI is InChI=1S/C12H21NO2S/c1-10-2-4-11(5-3-10)8-13-12-6-7-16(14,15)9-12/h6-7,10-13H,2-5,8-9H2,1H3. The summed E-state index contributed by atoms with van der Waals surface area (Å²) in [5.74, 6) is 1.87. The van der Waals surface area contributed by atoms with E-state index in [2.05, 4.69) is 12.2 Å². The molecule has 1 fully saturated rings. The molecule has 1 heterocycles. The average Bonchev–Trinajstić information content (AvgIpc) is 2.58. The van der Waals surface area contributed by atoms with Crippen LogP contribution < -0.4 is 5.32 Å². The number of sulfone groups is 1. The van der Waals surface area contributed by atoms with Crippen molar-refractivity contribution in [1.29, 1.82) is 0 Å². The second kappa shape index (κ2) is 4.88. The first kappa shape index (κ1) is 12.1. The number of hydrogen-bond acceptors (Lipinski definition) is 3. The third kappa shape index (κ3) is 3.32. The molecule has 0 bridgehead atoms. The molecule has 1 saturated carbocycles. The monoisotopic (exact) mass is 243 g/mol. The first-order chi connectivity index (χ1) is 7.55. The maximum absolute atomic E-state index is 11.2. The van der Waals surface area contributed by atoms with Crippen molar-refractivity contribution in [2.24, 2.45) is 11.8 Å². The number of nitrogens with one attached hydrogen (secondary N) is 1. The number of hydrogen-bond donors (Lipinski definition) is 1. The molecule has 0 amide bonds. The van der Waals surface area contributed by atoms with Crippen molar-refractivity contribution in [2.45, 2.75) is 38.6 Å². The fourth-order valence-corrected chi connectivity index (χ4v) is 3.82. The Bertz CT molecular complexity index is 353. The van der Waals surface area contributed by atoms with Crippen LogP contribution in [0.4, 0.5) is 0 Å². The zero-order valence-electron chi connectivity index (χ0n) is 9.85. The SMILES string of the molecule is CC1CCC(CNC2C=CS(=O)(=O)C2)CC1. The van der Waals surface area contributed by atoms with Gasteiger partial charge in [-0.2, -0.15) is 0 Å². The van der Waals surface area contributed by atoms with Crippen molar-refractivity contribution in [3.8, 4) is 0 Å². The Morgan fingerprint density at radius 3 is 2.50 bits per heavy atom. The predicted octanol–water partition coefficient (Wildman–Crippen LogP) is 1.71. The van der Waals surface area contributed by atoms with Gasteiger partial charge in [-0.1, -0.05) is 25.8 Å². The summed E-state index contributed by atoms with van der Waals surface area (Å²) in [5, 5.41) is 4.70. The average molecular weight is 243 g/mol. The van der Waals surface area contributed by atoms with Gasteiger partial charge < -0.3 is 5.32 Å². The summed E-state index contributed by atoms with van der Waals surface area (Å²) < 4.78 is 22.4. The molecule has 3 nitrogen and oxygen atoms in total. The van der Waals surface area contributed by atoms with Gasteiger partial charge in [-0.05, 0) is 31.2 Å². The van der Waals surface area contributed by atoms with Crippen molar-refractivity contribution >= 4 is 9.84 Å². The summed E-state index contributed by atoms with van der Waals surface area (Å²) in [7, 11) is -2.90. The zero-order valence-corrected chi connectivity index (χ0v) is 10.7. The van der Waals surface area contributed by atoms with Gasteiger partial charge in [0.25, 0.3) is 0 Å². The summed E-state index contributed by atoms with van der Waals surface area (Å²) in [4.78, 5) is 0. The maximum Gasteiger partial charge on any atom is 0.173 e. The molecule has 0 aromatic carbocycles. The minimum Gasteiger partial charge on any atom is -0.309 e. The van der Waals surface area contributed by atoms with E-state index >= 15 is 0 Å². The number of rotatable bonds is 3. The summed E-state index contributed by atoms with van der Waals surface area (Å²) in [6, 6.07) is 0.0457. The predicted molar refractivity (Wildman–Crippen MR) is 65.8 cm³/mol. The van der Waals surface area contributed by atoms with E-state index in [0.29, 0.717) is 0 Å². The fourth-order valence-electron chi connectivity index (χ4n) is 2.55. The van der Waals surface area contributed by atoms with Crippen molar-refractivity contribution in [2.75, 3.05) is 12.3 Å². The van der Waals surface area contributed by atoms with Crippen LogP contribution in [-0.4, -0.2) is 26.8 Å². The van der Waals surface area contributed by atoms with Gasteiger partial charge in [0.05, 0.1) is 5.75 Å². The van der Waals surface area contributed by atoms with Gasteiger partial charge in [0.2, 0.25) is 0 Å². The lowest BCUT2D eigenvalue weighted by molar-refractivity contribution is 0.279. The van der Waals surface area contributed by atoms with E-state index in [-0.39, 0.29) is 11.8 Å². The quantitative estimate of drug-likeness (QED) is 0.821. The van der Waals surface area contributed by atoms with E-state index in [1.54, 1.807) is 6.08 Å². The first-order valence-corrected chi connectivity index (χ1v) is 7.91. The molecule has 0 aromatic rings. The van der Waals surface area contributed by atoms with Gasteiger partial charge in [-0.3, -0.25) is 0 Å². The Balaban J connectivity index is 1.71. The Labute approximate surface area is 98.2 Å². The molecule has 0 aromatic heterocycles. The first-order valence-electron chi connectivity index (χ1n) is 6.19. The summed E-state index contributed by atoms with van der Waals surface area (Å²) in [6.07, 6.45) is 7.01. The summed E-state index contributed by atoms with van der Waals surface area (Å²) in [6.45, 7) is 3.28. The van der Waals surface area contributed by atoms with Crippen LogP contribution in [0.15, 0.2) is 11.5 Å². The molecule has 1 aliphatic heterocycles. The molecule has 0 saturated heterocycles. The molecule has 0 spiro atoms. The van der Waals surface area contributed by atoms with Crippen LogP contribution in [0.5, 0.6) is 0 Å². The lowest BCUT2D eigenvalue weighted by Crippen LogP contribution is -2.35. The molecule has 2 rings (SSSR count). The zero-order chi connectivity index (χ0) is 11.6. The highest BCUT2D eigenvalue weighted by molar-refractivity contribution is 7.94. The minimum atomic E-state index is -2.90. The molecule has 1 atom stereocenters. The van der Waals surface area contributed by atoms with Crippen molar-refractivity contribution < 1.29 is 8.42 Å². The molecule has 1 N–H and O–H groups in total. The fraction of sp³-hybridized carbons (Fsp3) is 0.833. The third-order valence-electron chi connectivity index (χ3n) is 3.73. The lowest BCUT2D eigenvalue weighted by Gasteiger charge is -2.27. The molecule has 2 aliphatic rings. The summed E-state index contributed by atoms with van der Waals surface area (Å²) in [5.41, 5.74) is 0. The van der Waals surface area contributed by atoms with Crippen LogP contribution >= 0.6 is 0 Å². The van der Waals surface area contributed by atoms with E-state index in [4.69, 9.17) is 0 Å². The summed E-state index contributed by atoms with van der Waals surface area (Å²) >= 11 is 0. The smallest absolute Gasteiger partial charge is 0.173 e. The molecule has 4 heteroatoms. The Morgan fingerprint density at radius 2 is 1.94 bits per heavy atom. The van der Waals surface area contributed by atoms with E-state index in [0.717, 1.165) is 18.4 Å². The Morgan fingerprint density at radius 1 is 1.25 bits per heavy atom. The minimum absolute atomic E-state index is 0.0457. The van der Waals surface area contributed by atoms with Crippen molar-refractivity contribution in [1.82, 2.24) is 5.32 Å². The van der Waals surface area contributed by atoms with E-state index in [1.807, 2.05) is 0 Å². The maximum atomic E-state index is 11.2. The largest absolute Gasteiger partial charge is 0.309 e. The highest BCUT2D eigenvalue weighted by Crippen LogP contribution is 2.27. The Hall–Kier alpha value is -0.350. The topological polar surface area (TPSA) is 46.2 Å². The normalized spacial score (nSPS) is 37.7. The highest BCUT2D eigenvalue weighted by Gasteiger charge is 2.23. The molecule has 1 unspecified atom stereocenters. The van der Waals surface area contributed by atoms with Crippen LogP contribution in [0, 0.1) is 11.8 Å². The Kier molecular flexibility index (Phi) is 3.70. The molecule has 1 aliphatic carbocycles. The van der Waals surface area contributed by atoms with E-state index in [1.165, 1.54) is 31.1 Å². The van der Waals surface area contributed by atoms with E-state index < -0.39 is 9.84 Å². The molecule has 16 heavy (non-hydrogen) atoms. The van der Waals surface area contributed by atoms with Gasteiger partial charge in [0, 0.05) is 11.4 Å². The molecular weight excluding hydrogens is 222 g/mol. The van der Waals surface area contributed by atoms with Crippen molar-refractivity contribution in [3.05, 3.63) is 11.5 Å². The van der Waals surface area contributed by atoms with Gasteiger partial charge >= 0.3 is 0 Å². The van der Waals surface area contributed by atoms with Crippen LogP contribution in [0.1, 0.15) is 32.6 Å². The lowest BCUT2D eigenvalue weighted by atomic mass is 9.83. The second-order valence-electron chi connectivity index (χ2n) is 5.30. The van der Waals surface area contributed by atoms with Crippen LogP contribution in [0.25, 0.3) is 0 Å². The highest BCUT2D eigenvalue weighted by atomic mass is 32.2. The molecule has 0 radical (unpaired) electrons. The van der Waals surface area contributed by atoms with Gasteiger partial charge in [0.1, 0.15) is 0 Å². The third-order valence-corrected chi connectivity index (χ3v) is 5.13. The van der Waals surface area contributed by atoms with Crippen LogP contribution in [-0.2, 0) is 9.84 Å². The van der Waals surface area contributed by atoms with Gasteiger partial charge in [0.15, 0.2) is 9.84 Å².